The number of nitrogens with zero attached hydrogens (tertiary/aromatic N) is 1. The van der Waals surface area contributed by atoms with Gasteiger partial charge in [-0.2, -0.15) is 0 Å². The van der Waals surface area contributed by atoms with Crippen LogP contribution in [-0.4, -0.2) is 56.9 Å². The van der Waals surface area contributed by atoms with E-state index in [0.29, 0.717) is 6.04 Å². The van der Waals surface area contributed by atoms with E-state index in [1.54, 1.807) is 7.11 Å². The standard InChI is InChI=1S/C17H26N2O2/c1-20-10-9-19(12-15-6-4-8-18-15)13-16-11-14-5-2-3-7-17(14)21-16/h2-3,5,7,15-16,18H,4,6,8-13H2,1H3. The molecule has 0 bridgehead atoms. The minimum Gasteiger partial charge on any atom is -0.488 e. The van der Waals surface area contributed by atoms with Crippen molar-refractivity contribution >= 4 is 0 Å². The van der Waals surface area contributed by atoms with Crippen LogP contribution < -0.4 is 10.1 Å². The molecule has 2 atom stereocenters. The predicted molar refractivity (Wildman–Crippen MR) is 83.9 cm³/mol. The van der Waals surface area contributed by atoms with Gasteiger partial charge in [0.25, 0.3) is 0 Å². The van der Waals surface area contributed by atoms with Gasteiger partial charge < -0.3 is 14.8 Å². The lowest BCUT2D eigenvalue weighted by Crippen LogP contribution is -2.43. The summed E-state index contributed by atoms with van der Waals surface area (Å²) in [6.45, 7) is 5.00. The van der Waals surface area contributed by atoms with Crippen molar-refractivity contribution in [1.82, 2.24) is 10.2 Å². The van der Waals surface area contributed by atoms with Gasteiger partial charge in [-0.3, -0.25) is 4.90 Å². The molecule has 0 aliphatic carbocycles. The van der Waals surface area contributed by atoms with Crippen molar-refractivity contribution in [2.45, 2.75) is 31.4 Å². The first-order valence-electron chi connectivity index (χ1n) is 8.04. The number of hydrogen-bond acceptors (Lipinski definition) is 4. The van der Waals surface area contributed by atoms with E-state index in [4.69, 9.17) is 9.47 Å². The zero-order valence-corrected chi connectivity index (χ0v) is 12.9. The van der Waals surface area contributed by atoms with Gasteiger partial charge in [0, 0.05) is 39.2 Å². The van der Waals surface area contributed by atoms with Crippen molar-refractivity contribution in [3.63, 3.8) is 0 Å². The molecule has 4 nitrogen and oxygen atoms in total. The largest absolute Gasteiger partial charge is 0.488 e. The van der Waals surface area contributed by atoms with E-state index in [1.807, 2.05) is 6.07 Å². The molecule has 2 unspecified atom stereocenters. The molecule has 0 aromatic heterocycles. The molecule has 1 aromatic carbocycles. The van der Waals surface area contributed by atoms with Crippen LogP contribution in [0.15, 0.2) is 24.3 Å². The van der Waals surface area contributed by atoms with Gasteiger partial charge in [0.1, 0.15) is 11.9 Å². The van der Waals surface area contributed by atoms with E-state index in [9.17, 15) is 0 Å². The predicted octanol–water partition coefficient (Wildman–Crippen LogP) is 1.69. The van der Waals surface area contributed by atoms with Crippen LogP contribution in [0.2, 0.25) is 0 Å². The second kappa shape index (κ2) is 7.25. The summed E-state index contributed by atoms with van der Waals surface area (Å²) >= 11 is 0. The average molecular weight is 290 g/mol. The van der Waals surface area contributed by atoms with E-state index in [1.165, 1.54) is 18.4 Å². The highest BCUT2D eigenvalue weighted by molar-refractivity contribution is 5.37. The number of nitrogens with one attached hydrogen (secondary N) is 1. The number of para-hydroxylation sites is 1. The van der Waals surface area contributed by atoms with Gasteiger partial charge in [-0.25, -0.2) is 0 Å². The summed E-state index contributed by atoms with van der Waals surface area (Å²) in [6.07, 6.45) is 3.89. The first-order chi connectivity index (χ1) is 10.3. The quantitative estimate of drug-likeness (QED) is 0.828. The Hall–Kier alpha value is -1.10. The summed E-state index contributed by atoms with van der Waals surface area (Å²) in [4.78, 5) is 2.49. The van der Waals surface area contributed by atoms with Crippen molar-refractivity contribution in [2.24, 2.45) is 0 Å². The molecule has 0 radical (unpaired) electrons. The smallest absolute Gasteiger partial charge is 0.123 e. The zero-order chi connectivity index (χ0) is 14.5. The van der Waals surface area contributed by atoms with Gasteiger partial charge in [0.05, 0.1) is 6.61 Å². The second-order valence-corrected chi connectivity index (χ2v) is 6.10. The summed E-state index contributed by atoms with van der Waals surface area (Å²) in [5.74, 6) is 1.06. The van der Waals surface area contributed by atoms with Gasteiger partial charge in [-0.05, 0) is 31.0 Å². The molecule has 0 saturated carbocycles. The molecular formula is C17H26N2O2. The van der Waals surface area contributed by atoms with Gasteiger partial charge in [-0.15, -0.1) is 0 Å². The number of fused-ring (bicyclic) bond motifs is 1. The fourth-order valence-electron chi connectivity index (χ4n) is 3.35. The molecule has 3 rings (SSSR count). The van der Waals surface area contributed by atoms with Crippen LogP contribution in [0.4, 0.5) is 0 Å². The van der Waals surface area contributed by atoms with Gasteiger partial charge in [0.2, 0.25) is 0 Å². The van der Waals surface area contributed by atoms with Crippen molar-refractivity contribution < 1.29 is 9.47 Å². The normalized spacial score (nSPS) is 24.3. The molecule has 1 aromatic rings. The lowest BCUT2D eigenvalue weighted by atomic mass is 10.1. The summed E-state index contributed by atoms with van der Waals surface area (Å²) in [5.41, 5.74) is 1.34. The Bertz CT molecular complexity index is 421. The van der Waals surface area contributed by atoms with Gasteiger partial charge in [0.15, 0.2) is 0 Å². The fourth-order valence-corrected chi connectivity index (χ4v) is 3.35. The third-order valence-electron chi connectivity index (χ3n) is 4.43. The highest BCUT2D eigenvalue weighted by atomic mass is 16.5. The van der Waals surface area contributed by atoms with Crippen LogP contribution in [0.5, 0.6) is 5.75 Å². The molecule has 116 valence electrons. The molecule has 1 fully saturated rings. The van der Waals surface area contributed by atoms with E-state index in [-0.39, 0.29) is 6.10 Å². The second-order valence-electron chi connectivity index (χ2n) is 6.10. The molecule has 4 heteroatoms. The molecular weight excluding hydrogens is 264 g/mol. The van der Waals surface area contributed by atoms with E-state index < -0.39 is 0 Å². The Morgan fingerprint density at radius 1 is 1.33 bits per heavy atom. The monoisotopic (exact) mass is 290 g/mol. The van der Waals surface area contributed by atoms with Crippen LogP contribution in [0.1, 0.15) is 18.4 Å². The van der Waals surface area contributed by atoms with E-state index in [0.717, 1.165) is 45.0 Å². The fraction of sp³-hybridized carbons (Fsp3) is 0.647. The first kappa shape index (κ1) is 14.8. The number of methoxy groups -OCH3 is 1. The third kappa shape index (κ3) is 3.96. The summed E-state index contributed by atoms with van der Waals surface area (Å²) < 4.78 is 11.3. The lowest BCUT2D eigenvalue weighted by Gasteiger charge is -2.27. The molecule has 1 N–H and O–H groups in total. The Kier molecular flexibility index (Phi) is 5.12. The van der Waals surface area contributed by atoms with E-state index in [2.05, 4.69) is 28.4 Å². The first-order valence-corrected chi connectivity index (χ1v) is 8.04. The summed E-state index contributed by atoms with van der Waals surface area (Å²) in [7, 11) is 1.77. The Morgan fingerprint density at radius 2 is 2.24 bits per heavy atom. The summed E-state index contributed by atoms with van der Waals surface area (Å²) in [6, 6.07) is 9.02. The Labute approximate surface area is 127 Å². The number of hydrogen-bond donors (Lipinski definition) is 1. The lowest BCUT2D eigenvalue weighted by molar-refractivity contribution is 0.105. The maximum Gasteiger partial charge on any atom is 0.123 e. The maximum absolute atomic E-state index is 6.08. The molecule has 0 amide bonds. The van der Waals surface area contributed by atoms with Crippen molar-refractivity contribution in [3.8, 4) is 5.75 Å². The molecule has 21 heavy (non-hydrogen) atoms. The number of benzene rings is 1. The molecule has 1 saturated heterocycles. The summed E-state index contributed by atoms with van der Waals surface area (Å²) in [5, 5.41) is 3.58. The zero-order valence-electron chi connectivity index (χ0n) is 12.9. The van der Waals surface area contributed by atoms with Crippen molar-refractivity contribution in [1.29, 1.82) is 0 Å². The van der Waals surface area contributed by atoms with Crippen LogP contribution in [-0.2, 0) is 11.2 Å². The van der Waals surface area contributed by atoms with Crippen LogP contribution >= 0.6 is 0 Å². The molecule has 2 aliphatic heterocycles. The molecule has 2 aliphatic rings. The highest BCUT2D eigenvalue weighted by Gasteiger charge is 2.26. The number of rotatable bonds is 7. The Balaban J connectivity index is 1.54. The number of ether oxygens (including phenoxy) is 2. The van der Waals surface area contributed by atoms with Gasteiger partial charge in [-0.1, -0.05) is 18.2 Å². The molecule has 2 heterocycles. The van der Waals surface area contributed by atoms with Crippen LogP contribution in [0.3, 0.4) is 0 Å². The van der Waals surface area contributed by atoms with Crippen molar-refractivity contribution in [2.75, 3.05) is 39.9 Å². The Morgan fingerprint density at radius 3 is 3.00 bits per heavy atom. The highest BCUT2D eigenvalue weighted by Crippen LogP contribution is 2.28. The van der Waals surface area contributed by atoms with Gasteiger partial charge >= 0.3 is 0 Å². The molecule has 0 spiro atoms. The maximum atomic E-state index is 6.08. The average Bonchev–Trinajstić information content (AvgIpc) is 3.13. The van der Waals surface area contributed by atoms with E-state index >= 15 is 0 Å². The van der Waals surface area contributed by atoms with Crippen LogP contribution in [0.25, 0.3) is 0 Å². The SMILES string of the molecule is COCCN(CC1CCCN1)CC1Cc2ccccc2O1. The van der Waals surface area contributed by atoms with Crippen LogP contribution in [0, 0.1) is 0 Å². The third-order valence-corrected chi connectivity index (χ3v) is 4.43. The topological polar surface area (TPSA) is 33.7 Å². The minimum atomic E-state index is 0.278. The van der Waals surface area contributed by atoms with Crippen molar-refractivity contribution in [3.05, 3.63) is 29.8 Å². The minimum absolute atomic E-state index is 0.278.